The molecule has 0 bridgehead atoms. The maximum Gasteiger partial charge on any atom is 0.257 e. The molecule has 6 nitrogen and oxygen atoms in total. The van der Waals surface area contributed by atoms with Crippen molar-refractivity contribution in [2.45, 2.75) is 20.0 Å². The third-order valence-corrected chi connectivity index (χ3v) is 3.57. The van der Waals surface area contributed by atoms with Gasteiger partial charge in [0, 0.05) is 24.4 Å². The molecule has 0 aliphatic rings. The van der Waals surface area contributed by atoms with Crippen LogP contribution in [0.1, 0.15) is 24.2 Å². The lowest BCUT2D eigenvalue weighted by atomic mass is 10.2. The highest BCUT2D eigenvalue weighted by molar-refractivity contribution is 7.80. The highest BCUT2D eigenvalue weighted by atomic mass is 32.1. The molecule has 0 aliphatic heterocycles. The number of carbonyl (C=O) groups excluding carboxylic acids is 1. The van der Waals surface area contributed by atoms with Crippen LogP contribution in [-0.4, -0.2) is 37.4 Å². The smallest absolute Gasteiger partial charge is 0.257 e. The van der Waals surface area contributed by atoms with Gasteiger partial charge in [-0.3, -0.25) is 10.1 Å². The van der Waals surface area contributed by atoms with Crippen molar-refractivity contribution in [3.63, 3.8) is 0 Å². The summed E-state index contributed by atoms with van der Waals surface area (Å²) in [4.78, 5) is 12.3. The van der Waals surface area contributed by atoms with Gasteiger partial charge >= 0.3 is 0 Å². The fraction of sp³-hybridized carbons (Fsp3) is 0.300. The molecule has 0 aromatic heterocycles. The largest absolute Gasteiger partial charge is 0.491 e. The molecular weight excluding hydrogens is 364 g/mol. The Morgan fingerprint density at radius 2 is 1.81 bits per heavy atom. The topological polar surface area (TPSA) is 68.8 Å². The monoisotopic (exact) mass is 388 g/mol. The van der Waals surface area contributed by atoms with E-state index in [2.05, 4.69) is 10.6 Å². The second-order valence-electron chi connectivity index (χ2n) is 5.97. The van der Waals surface area contributed by atoms with E-state index in [0.717, 1.165) is 11.4 Å². The highest BCUT2D eigenvalue weighted by Gasteiger charge is 2.09. The number of ether oxygens (including phenoxy) is 3. The van der Waals surface area contributed by atoms with E-state index in [9.17, 15) is 4.79 Å². The lowest BCUT2D eigenvalue weighted by Gasteiger charge is -2.13. The maximum atomic E-state index is 12.3. The standard InChI is InChI=1S/C20H24N2O4S/c1-14(2)26-18-6-4-5-16(13-18)21-20(27)22-19(23)15-7-9-17(10-8-15)25-12-11-24-3/h4-10,13-14H,11-12H2,1-3H3,(H2,21,22,23,27). The quantitative estimate of drug-likeness (QED) is 0.532. The van der Waals surface area contributed by atoms with E-state index < -0.39 is 0 Å². The zero-order valence-electron chi connectivity index (χ0n) is 15.7. The number of benzene rings is 2. The van der Waals surface area contributed by atoms with Crippen LogP contribution in [0.25, 0.3) is 0 Å². The first-order valence-electron chi connectivity index (χ1n) is 8.59. The summed E-state index contributed by atoms with van der Waals surface area (Å²) in [6.07, 6.45) is 0.0772. The lowest BCUT2D eigenvalue weighted by molar-refractivity contribution is 0.0977. The summed E-state index contributed by atoms with van der Waals surface area (Å²) in [5.41, 5.74) is 1.22. The molecule has 0 atom stereocenters. The molecule has 0 saturated carbocycles. The van der Waals surface area contributed by atoms with Gasteiger partial charge in [-0.15, -0.1) is 0 Å². The SMILES string of the molecule is COCCOc1ccc(C(=O)NC(=S)Nc2cccc(OC(C)C)c2)cc1. The molecule has 2 rings (SSSR count). The summed E-state index contributed by atoms with van der Waals surface area (Å²) < 4.78 is 16.0. The molecule has 0 unspecified atom stereocenters. The van der Waals surface area contributed by atoms with E-state index >= 15 is 0 Å². The van der Waals surface area contributed by atoms with Crippen molar-refractivity contribution in [3.05, 3.63) is 54.1 Å². The van der Waals surface area contributed by atoms with Gasteiger partial charge in [-0.05, 0) is 62.5 Å². The Hall–Kier alpha value is -2.64. The highest BCUT2D eigenvalue weighted by Crippen LogP contribution is 2.18. The van der Waals surface area contributed by atoms with Crippen LogP contribution in [0.2, 0.25) is 0 Å². The number of carbonyl (C=O) groups is 1. The molecule has 2 N–H and O–H groups in total. The molecule has 1 amide bonds. The third-order valence-electron chi connectivity index (χ3n) is 3.36. The van der Waals surface area contributed by atoms with Crippen molar-refractivity contribution in [1.82, 2.24) is 5.32 Å². The van der Waals surface area contributed by atoms with Crippen LogP contribution in [0.15, 0.2) is 48.5 Å². The molecular formula is C20H24N2O4S. The first-order valence-corrected chi connectivity index (χ1v) is 8.99. The minimum absolute atomic E-state index is 0.0772. The van der Waals surface area contributed by atoms with Gasteiger partial charge in [0.15, 0.2) is 5.11 Å². The van der Waals surface area contributed by atoms with Crippen LogP contribution in [0.5, 0.6) is 11.5 Å². The molecule has 2 aromatic rings. The Labute approximate surface area is 164 Å². The van der Waals surface area contributed by atoms with Gasteiger partial charge in [-0.25, -0.2) is 0 Å². The Bertz CT molecular complexity index is 763. The summed E-state index contributed by atoms with van der Waals surface area (Å²) in [7, 11) is 1.61. The molecule has 27 heavy (non-hydrogen) atoms. The second-order valence-corrected chi connectivity index (χ2v) is 6.38. The van der Waals surface area contributed by atoms with E-state index in [1.54, 1.807) is 31.4 Å². The van der Waals surface area contributed by atoms with Crippen LogP contribution in [0.4, 0.5) is 5.69 Å². The molecule has 0 radical (unpaired) electrons. The molecule has 0 aliphatic carbocycles. The first-order chi connectivity index (χ1) is 13.0. The fourth-order valence-electron chi connectivity index (χ4n) is 2.20. The predicted molar refractivity (Wildman–Crippen MR) is 110 cm³/mol. The predicted octanol–water partition coefficient (Wildman–Crippen LogP) is 3.63. The number of hydrogen-bond donors (Lipinski definition) is 2. The van der Waals surface area contributed by atoms with Crippen LogP contribution in [0.3, 0.4) is 0 Å². The van der Waals surface area contributed by atoms with Gasteiger partial charge in [0.1, 0.15) is 18.1 Å². The van der Waals surface area contributed by atoms with Crippen molar-refractivity contribution in [3.8, 4) is 11.5 Å². The zero-order valence-corrected chi connectivity index (χ0v) is 16.5. The maximum absolute atomic E-state index is 12.3. The second kappa shape index (κ2) is 10.5. The van der Waals surface area contributed by atoms with Crippen LogP contribution in [0, 0.1) is 0 Å². The number of anilines is 1. The van der Waals surface area contributed by atoms with Crippen LogP contribution < -0.4 is 20.1 Å². The fourth-order valence-corrected chi connectivity index (χ4v) is 2.41. The summed E-state index contributed by atoms with van der Waals surface area (Å²) in [5.74, 6) is 1.10. The summed E-state index contributed by atoms with van der Waals surface area (Å²) in [6.45, 7) is 4.87. The Balaban J connectivity index is 1.89. The molecule has 0 fully saturated rings. The van der Waals surface area contributed by atoms with E-state index in [0.29, 0.717) is 24.5 Å². The molecule has 2 aromatic carbocycles. The minimum atomic E-state index is -0.300. The third kappa shape index (κ3) is 7.24. The van der Waals surface area contributed by atoms with Crippen molar-refractivity contribution >= 4 is 28.9 Å². The Morgan fingerprint density at radius 3 is 2.48 bits per heavy atom. The number of thiocarbonyl (C=S) groups is 1. The minimum Gasteiger partial charge on any atom is -0.491 e. The van der Waals surface area contributed by atoms with Gasteiger partial charge in [0.2, 0.25) is 0 Å². The number of rotatable bonds is 8. The molecule has 144 valence electrons. The van der Waals surface area contributed by atoms with Gasteiger partial charge < -0.3 is 19.5 Å². The van der Waals surface area contributed by atoms with E-state index in [-0.39, 0.29) is 17.1 Å². The van der Waals surface area contributed by atoms with Crippen molar-refractivity contribution in [1.29, 1.82) is 0 Å². The van der Waals surface area contributed by atoms with Gasteiger partial charge in [-0.1, -0.05) is 6.07 Å². The number of amides is 1. The summed E-state index contributed by atoms with van der Waals surface area (Å²) in [5, 5.41) is 5.85. The average molecular weight is 388 g/mol. The van der Waals surface area contributed by atoms with Crippen molar-refractivity contribution in [2.24, 2.45) is 0 Å². The van der Waals surface area contributed by atoms with E-state index in [4.69, 9.17) is 26.4 Å². The number of hydrogen-bond acceptors (Lipinski definition) is 5. The Morgan fingerprint density at radius 1 is 1.07 bits per heavy atom. The van der Waals surface area contributed by atoms with E-state index in [1.165, 1.54) is 0 Å². The normalized spacial score (nSPS) is 10.4. The average Bonchev–Trinajstić information content (AvgIpc) is 2.62. The lowest BCUT2D eigenvalue weighted by Crippen LogP contribution is -2.34. The molecule has 0 saturated heterocycles. The molecule has 0 spiro atoms. The van der Waals surface area contributed by atoms with Gasteiger partial charge in [-0.2, -0.15) is 0 Å². The van der Waals surface area contributed by atoms with Gasteiger partial charge in [0.25, 0.3) is 5.91 Å². The number of nitrogens with one attached hydrogen (secondary N) is 2. The van der Waals surface area contributed by atoms with Crippen molar-refractivity contribution in [2.75, 3.05) is 25.6 Å². The first kappa shape index (κ1) is 20.7. The van der Waals surface area contributed by atoms with Crippen LogP contribution in [-0.2, 0) is 4.74 Å². The summed E-state index contributed by atoms with van der Waals surface area (Å²) >= 11 is 5.22. The van der Waals surface area contributed by atoms with Crippen LogP contribution >= 0.6 is 12.2 Å². The van der Waals surface area contributed by atoms with E-state index in [1.807, 2.05) is 38.1 Å². The Kier molecular flexibility index (Phi) is 8.03. The molecule has 7 heteroatoms. The summed E-state index contributed by atoms with van der Waals surface area (Å²) in [6, 6.07) is 14.2. The van der Waals surface area contributed by atoms with Gasteiger partial charge in [0.05, 0.1) is 12.7 Å². The number of methoxy groups -OCH3 is 1. The molecule has 0 heterocycles. The zero-order chi connectivity index (χ0) is 19.6. The van der Waals surface area contributed by atoms with Crippen molar-refractivity contribution < 1.29 is 19.0 Å².